The van der Waals surface area contributed by atoms with Crippen LogP contribution < -0.4 is 5.32 Å². The van der Waals surface area contributed by atoms with Crippen LogP contribution in [0, 0.1) is 5.82 Å². The van der Waals surface area contributed by atoms with E-state index in [1.54, 1.807) is 6.07 Å². The highest BCUT2D eigenvalue weighted by Gasteiger charge is 2.41. The molecule has 0 saturated heterocycles. The lowest BCUT2D eigenvalue weighted by Gasteiger charge is -2.27. The molecule has 0 radical (unpaired) electrons. The molecule has 0 aliphatic heterocycles. The fourth-order valence-corrected chi connectivity index (χ4v) is 2.12. The van der Waals surface area contributed by atoms with E-state index in [0.29, 0.717) is 4.47 Å². The average Bonchev–Trinajstić information content (AvgIpc) is 3.00. The second-order valence-corrected chi connectivity index (χ2v) is 5.39. The Balaban J connectivity index is 2.40. The van der Waals surface area contributed by atoms with Gasteiger partial charge in [-0.2, -0.15) is 0 Å². The van der Waals surface area contributed by atoms with Crippen molar-refractivity contribution in [2.45, 2.75) is 31.3 Å². The van der Waals surface area contributed by atoms with Crippen molar-refractivity contribution in [2.24, 2.45) is 0 Å². The van der Waals surface area contributed by atoms with Gasteiger partial charge in [-0.1, -0.05) is 22.0 Å². The fraction of sp³-hybridized carbons (Fsp3) is 0.417. The largest absolute Gasteiger partial charge is 0.480 e. The molecule has 1 atom stereocenters. The van der Waals surface area contributed by atoms with Crippen LogP contribution in [0.3, 0.4) is 0 Å². The van der Waals surface area contributed by atoms with Gasteiger partial charge in [-0.25, -0.2) is 9.18 Å². The number of nitrogens with one attached hydrogen (secondary N) is 1. The van der Waals surface area contributed by atoms with Gasteiger partial charge in [-0.3, -0.25) is 5.32 Å². The molecule has 0 amide bonds. The van der Waals surface area contributed by atoms with Crippen molar-refractivity contribution in [3.8, 4) is 0 Å². The van der Waals surface area contributed by atoms with Gasteiger partial charge in [0.15, 0.2) is 0 Å². The lowest BCUT2D eigenvalue weighted by molar-refractivity contribution is -0.144. The third-order valence-electron chi connectivity index (χ3n) is 2.97. The van der Waals surface area contributed by atoms with Crippen LogP contribution in [0.2, 0.25) is 0 Å². The SMILES string of the molecule is CC(NC1CC1)(C(=O)O)c1ccc(Br)cc1F. The van der Waals surface area contributed by atoms with Crippen LogP contribution in [0.1, 0.15) is 25.3 Å². The summed E-state index contributed by atoms with van der Waals surface area (Å²) in [4.78, 5) is 11.4. The molecule has 1 saturated carbocycles. The third kappa shape index (κ3) is 2.50. The van der Waals surface area contributed by atoms with E-state index in [-0.39, 0.29) is 11.6 Å². The molecular weight excluding hydrogens is 289 g/mol. The highest BCUT2D eigenvalue weighted by atomic mass is 79.9. The van der Waals surface area contributed by atoms with E-state index in [1.165, 1.54) is 19.1 Å². The lowest BCUT2D eigenvalue weighted by atomic mass is 9.91. The summed E-state index contributed by atoms with van der Waals surface area (Å²) < 4.78 is 14.4. The minimum atomic E-state index is -1.37. The van der Waals surface area contributed by atoms with Gasteiger partial charge in [0.2, 0.25) is 0 Å². The number of aliphatic carboxylic acids is 1. The van der Waals surface area contributed by atoms with E-state index < -0.39 is 17.3 Å². The molecule has 17 heavy (non-hydrogen) atoms. The molecule has 3 nitrogen and oxygen atoms in total. The second-order valence-electron chi connectivity index (χ2n) is 4.47. The fourth-order valence-electron chi connectivity index (χ4n) is 1.79. The summed E-state index contributed by atoms with van der Waals surface area (Å²) in [5.74, 6) is -1.58. The van der Waals surface area contributed by atoms with Crippen LogP contribution in [0.5, 0.6) is 0 Å². The van der Waals surface area contributed by atoms with E-state index in [1.807, 2.05) is 0 Å². The number of carboxylic acid groups (broad SMARTS) is 1. The van der Waals surface area contributed by atoms with Gasteiger partial charge in [-0.15, -0.1) is 0 Å². The normalized spacial score (nSPS) is 18.8. The van der Waals surface area contributed by atoms with E-state index in [0.717, 1.165) is 12.8 Å². The van der Waals surface area contributed by atoms with Crippen molar-refractivity contribution in [1.82, 2.24) is 5.32 Å². The van der Waals surface area contributed by atoms with Crippen LogP contribution in [0.25, 0.3) is 0 Å². The van der Waals surface area contributed by atoms with Gasteiger partial charge in [0.1, 0.15) is 11.4 Å². The lowest BCUT2D eigenvalue weighted by Crippen LogP contribution is -2.48. The summed E-state index contributed by atoms with van der Waals surface area (Å²) in [5, 5.41) is 12.3. The van der Waals surface area contributed by atoms with E-state index >= 15 is 0 Å². The predicted molar refractivity (Wildman–Crippen MR) is 65.2 cm³/mol. The Bertz CT molecular complexity index is 462. The number of hydrogen-bond donors (Lipinski definition) is 2. The van der Waals surface area contributed by atoms with E-state index in [9.17, 15) is 14.3 Å². The van der Waals surface area contributed by atoms with Gasteiger partial charge in [0, 0.05) is 16.1 Å². The minimum absolute atomic E-state index is 0.167. The monoisotopic (exact) mass is 301 g/mol. The first-order valence-electron chi connectivity index (χ1n) is 5.40. The van der Waals surface area contributed by atoms with Gasteiger partial charge >= 0.3 is 5.97 Å². The predicted octanol–water partition coefficient (Wildman–Crippen LogP) is 2.64. The molecule has 0 bridgehead atoms. The Morgan fingerprint density at radius 1 is 1.59 bits per heavy atom. The van der Waals surface area contributed by atoms with Gasteiger partial charge in [0.25, 0.3) is 0 Å². The molecular formula is C12H13BrFNO2. The van der Waals surface area contributed by atoms with Crippen molar-refractivity contribution >= 4 is 21.9 Å². The zero-order chi connectivity index (χ0) is 12.6. The first-order chi connectivity index (χ1) is 7.93. The van der Waals surface area contributed by atoms with Crippen molar-refractivity contribution in [3.63, 3.8) is 0 Å². The maximum atomic E-state index is 13.8. The van der Waals surface area contributed by atoms with Crippen molar-refractivity contribution in [2.75, 3.05) is 0 Å². The van der Waals surface area contributed by atoms with Gasteiger partial charge in [0.05, 0.1) is 0 Å². The summed E-state index contributed by atoms with van der Waals surface area (Å²) in [5.41, 5.74) is -1.20. The third-order valence-corrected chi connectivity index (χ3v) is 3.46. The number of halogens is 2. The molecule has 0 heterocycles. The second kappa shape index (κ2) is 4.38. The molecule has 1 aliphatic rings. The molecule has 2 N–H and O–H groups in total. The molecule has 1 aromatic carbocycles. The number of hydrogen-bond acceptors (Lipinski definition) is 2. The first-order valence-corrected chi connectivity index (χ1v) is 6.19. The Hall–Kier alpha value is -0.940. The van der Waals surface area contributed by atoms with Crippen molar-refractivity contribution in [3.05, 3.63) is 34.1 Å². The van der Waals surface area contributed by atoms with Crippen LogP contribution in [0.4, 0.5) is 4.39 Å². The van der Waals surface area contributed by atoms with E-state index in [2.05, 4.69) is 21.2 Å². The molecule has 0 aromatic heterocycles. The zero-order valence-electron chi connectivity index (χ0n) is 9.34. The Labute approximate surface area is 107 Å². The van der Waals surface area contributed by atoms with Crippen LogP contribution in [-0.2, 0) is 10.3 Å². The number of benzene rings is 1. The molecule has 1 aromatic rings. The summed E-state index contributed by atoms with van der Waals surface area (Å²) in [6.45, 7) is 1.50. The summed E-state index contributed by atoms with van der Waals surface area (Å²) in [6, 6.07) is 4.61. The smallest absolute Gasteiger partial charge is 0.328 e. The molecule has 5 heteroatoms. The summed E-state index contributed by atoms with van der Waals surface area (Å²) in [7, 11) is 0. The quantitative estimate of drug-likeness (QED) is 0.899. The maximum Gasteiger partial charge on any atom is 0.328 e. The molecule has 92 valence electrons. The zero-order valence-corrected chi connectivity index (χ0v) is 10.9. The summed E-state index contributed by atoms with van der Waals surface area (Å²) >= 11 is 3.16. The summed E-state index contributed by atoms with van der Waals surface area (Å²) in [6.07, 6.45) is 1.89. The average molecular weight is 302 g/mol. The number of carbonyl (C=O) groups is 1. The van der Waals surface area contributed by atoms with Crippen molar-refractivity contribution < 1.29 is 14.3 Å². The highest BCUT2D eigenvalue weighted by molar-refractivity contribution is 9.10. The number of rotatable bonds is 4. The topological polar surface area (TPSA) is 49.3 Å². The van der Waals surface area contributed by atoms with Crippen LogP contribution in [-0.4, -0.2) is 17.1 Å². The maximum absolute atomic E-state index is 13.8. The van der Waals surface area contributed by atoms with Crippen molar-refractivity contribution in [1.29, 1.82) is 0 Å². The molecule has 1 unspecified atom stereocenters. The Morgan fingerprint density at radius 2 is 2.24 bits per heavy atom. The van der Waals surface area contributed by atoms with Gasteiger partial charge < -0.3 is 5.11 Å². The molecule has 1 aliphatic carbocycles. The Morgan fingerprint density at radius 3 is 2.71 bits per heavy atom. The van der Waals surface area contributed by atoms with Gasteiger partial charge in [-0.05, 0) is 31.9 Å². The Kier molecular flexibility index (Phi) is 3.23. The van der Waals surface area contributed by atoms with Crippen LogP contribution in [0.15, 0.2) is 22.7 Å². The highest BCUT2D eigenvalue weighted by Crippen LogP contribution is 2.31. The molecule has 1 fully saturated rings. The van der Waals surface area contributed by atoms with Crippen LogP contribution >= 0.6 is 15.9 Å². The molecule has 2 rings (SSSR count). The number of carboxylic acids is 1. The standard InChI is InChI=1S/C12H13BrFNO2/c1-12(11(16)17,15-8-3-4-8)9-5-2-7(13)6-10(9)14/h2,5-6,8,15H,3-4H2,1H3,(H,16,17). The van der Waals surface area contributed by atoms with E-state index in [4.69, 9.17) is 0 Å². The minimum Gasteiger partial charge on any atom is -0.480 e. The molecule has 0 spiro atoms. The first kappa shape index (κ1) is 12.5.